The molecule has 3 rings (SSSR count). The van der Waals surface area contributed by atoms with Gasteiger partial charge < -0.3 is 9.73 Å². The number of aryl methyl sites for hydroxylation is 1. The van der Waals surface area contributed by atoms with E-state index in [0.29, 0.717) is 24.1 Å². The standard InChI is InChI=1S/C14H11BrFNO2/c15-14(9-3-4-19-7-9)10-5-8-1-2-13(18)17-12(8)6-11(10)16/h3-7,14H,1-2H2,(H,17,18). The van der Waals surface area contributed by atoms with E-state index >= 15 is 0 Å². The summed E-state index contributed by atoms with van der Waals surface area (Å²) in [5.41, 5.74) is 2.95. The van der Waals surface area contributed by atoms with Crippen molar-refractivity contribution in [2.45, 2.75) is 17.7 Å². The van der Waals surface area contributed by atoms with E-state index in [9.17, 15) is 9.18 Å². The van der Waals surface area contributed by atoms with Gasteiger partial charge in [-0.3, -0.25) is 4.79 Å². The van der Waals surface area contributed by atoms with Crippen LogP contribution in [0.3, 0.4) is 0 Å². The number of anilines is 1. The van der Waals surface area contributed by atoms with Gasteiger partial charge in [-0.2, -0.15) is 0 Å². The second-order valence-electron chi connectivity index (χ2n) is 4.50. The van der Waals surface area contributed by atoms with Crippen LogP contribution >= 0.6 is 15.9 Å². The van der Waals surface area contributed by atoms with E-state index in [2.05, 4.69) is 21.2 Å². The van der Waals surface area contributed by atoms with Gasteiger partial charge in [0.25, 0.3) is 0 Å². The van der Waals surface area contributed by atoms with Crippen LogP contribution in [-0.2, 0) is 11.2 Å². The van der Waals surface area contributed by atoms with Crippen LogP contribution in [0.25, 0.3) is 0 Å². The molecule has 1 amide bonds. The Bertz CT molecular complexity index is 625. The molecule has 0 fully saturated rings. The lowest BCUT2D eigenvalue weighted by Gasteiger charge is -2.19. The topological polar surface area (TPSA) is 42.2 Å². The fraction of sp³-hybridized carbons (Fsp3) is 0.214. The number of alkyl halides is 1. The number of benzene rings is 1. The molecule has 0 aliphatic carbocycles. The van der Waals surface area contributed by atoms with Crippen LogP contribution in [0, 0.1) is 5.82 Å². The van der Waals surface area contributed by atoms with Gasteiger partial charge in [0.2, 0.25) is 5.91 Å². The molecule has 3 nitrogen and oxygen atoms in total. The first kappa shape index (κ1) is 12.4. The van der Waals surface area contributed by atoms with Crippen LogP contribution in [0.5, 0.6) is 0 Å². The highest BCUT2D eigenvalue weighted by molar-refractivity contribution is 9.09. The van der Waals surface area contributed by atoms with E-state index in [4.69, 9.17) is 4.42 Å². The molecule has 5 heteroatoms. The fourth-order valence-electron chi connectivity index (χ4n) is 2.21. The normalized spacial score (nSPS) is 15.8. The zero-order valence-electron chi connectivity index (χ0n) is 9.95. The van der Waals surface area contributed by atoms with Gasteiger partial charge in [0, 0.05) is 23.2 Å². The molecule has 2 heterocycles. The second kappa shape index (κ2) is 4.81. The van der Waals surface area contributed by atoms with E-state index < -0.39 is 0 Å². The molecule has 0 saturated carbocycles. The largest absolute Gasteiger partial charge is 0.472 e. The Balaban J connectivity index is 2.01. The summed E-state index contributed by atoms with van der Waals surface area (Å²) in [6, 6.07) is 4.98. The first-order chi connectivity index (χ1) is 9.15. The quantitative estimate of drug-likeness (QED) is 0.854. The van der Waals surface area contributed by atoms with Gasteiger partial charge in [0.15, 0.2) is 0 Å². The Labute approximate surface area is 117 Å². The molecule has 1 aromatic heterocycles. The maximum atomic E-state index is 14.1. The summed E-state index contributed by atoms with van der Waals surface area (Å²) >= 11 is 3.48. The van der Waals surface area contributed by atoms with Gasteiger partial charge >= 0.3 is 0 Å². The number of carbonyl (C=O) groups excluding carboxylic acids is 1. The third kappa shape index (κ3) is 2.30. The molecule has 0 radical (unpaired) electrons. The van der Waals surface area contributed by atoms with E-state index in [1.807, 2.05) is 0 Å². The van der Waals surface area contributed by atoms with E-state index in [-0.39, 0.29) is 16.6 Å². The van der Waals surface area contributed by atoms with Crippen molar-refractivity contribution in [2.24, 2.45) is 0 Å². The molecule has 1 atom stereocenters. The second-order valence-corrected chi connectivity index (χ2v) is 5.41. The van der Waals surface area contributed by atoms with Crippen LogP contribution < -0.4 is 5.32 Å². The number of nitrogens with one attached hydrogen (secondary N) is 1. The first-order valence-electron chi connectivity index (χ1n) is 5.93. The van der Waals surface area contributed by atoms with Crippen LogP contribution in [0.2, 0.25) is 0 Å². The highest BCUT2D eigenvalue weighted by Gasteiger charge is 2.21. The minimum absolute atomic E-state index is 0.0649. The number of carbonyl (C=O) groups is 1. The molecule has 1 aliphatic heterocycles. The van der Waals surface area contributed by atoms with Crippen molar-refractivity contribution in [1.29, 1.82) is 0 Å². The van der Waals surface area contributed by atoms with Gasteiger partial charge in [0.05, 0.1) is 17.4 Å². The Morgan fingerprint density at radius 1 is 1.37 bits per heavy atom. The van der Waals surface area contributed by atoms with Crippen LogP contribution in [0.15, 0.2) is 35.1 Å². The third-order valence-electron chi connectivity index (χ3n) is 3.23. The highest BCUT2D eigenvalue weighted by atomic mass is 79.9. The number of furan rings is 1. The number of halogens is 2. The number of amides is 1. The molecule has 98 valence electrons. The van der Waals surface area contributed by atoms with Crippen molar-refractivity contribution in [3.8, 4) is 0 Å². The average Bonchev–Trinajstić information content (AvgIpc) is 2.91. The number of hydrogen-bond donors (Lipinski definition) is 1. The molecular formula is C14H11BrFNO2. The summed E-state index contributed by atoms with van der Waals surface area (Å²) in [6.07, 6.45) is 4.22. The van der Waals surface area contributed by atoms with Crippen molar-refractivity contribution >= 4 is 27.5 Å². The summed E-state index contributed by atoms with van der Waals surface area (Å²) in [6.45, 7) is 0. The molecular weight excluding hydrogens is 313 g/mol. The fourth-order valence-corrected chi connectivity index (χ4v) is 2.83. The summed E-state index contributed by atoms with van der Waals surface area (Å²) in [4.78, 5) is 11.0. The van der Waals surface area contributed by atoms with Crippen molar-refractivity contribution in [3.05, 3.63) is 53.2 Å². The van der Waals surface area contributed by atoms with E-state index in [1.165, 1.54) is 6.07 Å². The Morgan fingerprint density at radius 2 is 2.21 bits per heavy atom. The summed E-state index contributed by atoms with van der Waals surface area (Å²) in [5, 5.41) is 2.69. The van der Waals surface area contributed by atoms with E-state index in [1.54, 1.807) is 24.7 Å². The van der Waals surface area contributed by atoms with Crippen molar-refractivity contribution in [1.82, 2.24) is 0 Å². The SMILES string of the molecule is O=C1CCc2cc(C(Br)c3ccoc3)c(F)cc2N1. The maximum Gasteiger partial charge on any atom is 0.224 e. The number of hydrogen-bond acceptors (Lipinski definition) is 2. The monoisotopic (exact) mass is 323 g/mol. The Kier molecular flexibility index (Phi) is 3.14. The average molecular weight is 324 g/mol. The van der Waals surface area contributed by atoms with Crippen molar-refractivity contribution in [3.63, 3.8) is 0 Å². The lowest BCUT2D eigenvalue weighted by molar-refractivity contribution is -0.116. The van der Waals surface area contributed by atoms with Crippen molar-refractivity contribution < 1.29 is 13.6 Å². The van der Waals surface area contributed by atoms with Crippen LogP contribution in [0.4, 0.5) is 10.1 Å². The molecule has 1 aromatic carbocycles. The Hall–Kier alpha value is -1.62. The first-order valence-corrected chi connectivity index (χ1v) is 6.85. The summed E-state index contributed by atoms with van der Waals surface area (Å²) < 4.78 is 19.1. The zero-order valence-corrected chi connectivity index (χ0v) is 11.5. The molecule has 1 unspecified atom stereocenters. The van der Waals surface area contributed by atoms with Crippen LogP contribution in [-0.4, -0.2) is 5.91 Å². The van der Waals surface area contributed by atoms with E-state index in [0.717, 1.165) is 11.1 Å². The molecule has 1 N–H and O–H groups in total. The van der Waals surface area contributed by atoms with Gasteiger partial charge in [0.1, 0.15) is 5.82 Å². The molecule has 19 heavy (non-hydrogen) atoms. The highest BCUT2D eigenvalue weighted by Crippen LogP contribution is 2.36. The molecule has 0 spiro atoms. The maximum absolute atomic E-state index is 14.1. The van der Waals surface area contributed by atoms with Crippen LogP contribution in [0.1, 0.15) is 27.9 Å². The molecule has 1 aliphatic rings. The third-order valence-corrected chi connectivity index (χ3v) is 4.25. The van der Waals surface area contributed by atoms with Gasteiger partial charge in [-0.05, 0) is 30.2 Å². The van der Waals surface area contributed by atoms with Gasteiger partial charge in [-0.15, -0.1) is 0 Å². The Morgan fingerprint density at radius 3 is 2.95 bits per heavy atom. The van der Waals surface area contributed by atoms with Crippen molar-refractivity contribution in [2.75, 3.05) is 5.32 Å². The number of rotatable bonds is 2. The molecule has 0 bridgehead atoms. The lowest BCUT2D eigenvalue weighted by Crippen LogP contribution is -2.19. The minimum atomic E-state index is -0.343. The molecule has 0 saturated heterocycles. The summed E-state index contributed by atoms with van der Waals surface area (Å²) in [5.74, 6) is -0.408. The van der Waals surface area contributed by atoms with Gasteiger partial charge in [-0.1, -0.05) is 15.9 Å². The summed E-state index contributed by atoms with van der Waals surface area (Å²) in [7, 11) is 0. The predicted molar refractivity (Wildman–Crippen MR) is 72.8 cm³/mol. The van der Waals surface area contributed by atoms with Gasteiger partial charge in [-0.25, -0.2) is 4.39 Å². The molecule has 2 aromatic rings. The lowest BCUT2D eigenvalue weighted by atomic mass is 9.97. The predicted octanol–water partition coefficient (Wildman–Crippen LogP) is 3.79. The minimum Gasteiger partial charge on any atom is -0.472 e. The smallest absolute Gasteiger partial charge is 0.224 e. The number of fused-ring (bicyclic) bond motifs is 1. The zero-order chi connectivity index (χ0) is 13.4.